The van der Waals surface area contributed by atoms with Crippen molar-refractivity contribution in [2.24, 2.45) is 0 Å². The third-order valence-corrected chi connectivity index (χ3v) is 2.28. The van der Waals surface area contributed by atoms with Gasteiger partial charge in [-0.15, -0.1) is 0 Å². The minimum Gasteiger partial charge on any atom is -0.307 e. The van der Waals surface area contributed by atoms with Crippen LogP contribution in [0, 0.1) is 0 Å². The van der Waals surface area contributed by atoms with Crippen LogP contribution in [-0.4, -0.2) is 6.54 Å². The molecule has 1 N–H and O–H groups in total. The number of allylic oxidation sites excluding steroid dienone is 3. The van der Waals surface area contributed by atoms with Crippen LogP contribution in [0.5, 0.6) is 0 Å². The maximum atomic E-state index is 3.44. The van der Waals surface area contributed by atoms with E-state index in [0.717, 1.165) is 6.54 Å². The van der Waals surface area contributed by atoms with Crippen molar-refractivity contribution < 1.29 is 0 Å². The summed E-state index contributed by atoms with van der Waals surface area (Å²) < 4.78 is 0. The highest BCUT2D eigenvalue weighted by Gasteiger charge is 2.00. The van der Waals surface area contributed by atoms with Crippen molar-refractivity contribution in [1.29, 1.82) is 0 Å². The molecule has 80 valence electrons. The molecule has 0 aliphatic carbocycles. The van der Waals surface area contributed by atoms with Crippen molar-refractivity contribution in [1.82, 2.24) is 5.32 Å². The minimum absolute atomic E-state index is 0.404. The van der Waals surface area contributed by atoms with E-state index in [-0.39, 0.29) is 0 Å². The SMILES string of the molecule is C/C=C/C=C/CN[C@@H](C)c1ccccc1. The molecule has 1 heteroatoms. The van der Waals surface area contributed by atoms with Gasteiger partial charge in [0.1, 0.15) is 0 Å². The molecule has 0 aliphatic rings. The summed E-state index contributed by atoms with van der Waals surface area (Å²) in [6.45, 7) is 5.10. The van der Waals surface area contributed by atoms with Gasteiger partial charge in [0.05, 0.1) is 0 Å². The topological polar surface area (TPSA) is 12.0 Å². The average molecular weight is 201 g/mol. The molecule has 1 atom stereocenters. The van der Waals surface area contributed by atoms with E-state index in [1.165, 1.54) is 5.56 Å². The fourth-order valence-corrected chi connectivity index (χ4v) is 1.36. The summed E-state index contributed by atoms with van der Waals surface area (Å²) in [6, 6.07) is 10.9. The van der Waals surface area contributed by atoms with Crippen LogP contribution in [-0.2, 0) is 0 Å². The molecule has 1 rings (SSSR count). The number of hydrogen-bond acceptors (Lipinski definition) is 1. The van der Waals surface area contributed by atoms with Crippen LogP contribution in [0.2, 0.25) is 0 Å². The number of benzene rings is 1. The van der Waals surface area contributed by atoms with E-state index in [4.69, 9.17) is 0 Å². The maximum absolute atomic E-state index is 3.44. The Bertz CT molecular complexity index is 311. The first-order chi connectivity index (χ1) is 7.34. The Balaban J connectivity index is 2.34. The molecular weight excluding hydrogens is 182 g/mol. The summed E-state index contributed by atoms with van der Waals surface area (Å²) in [5.74, 6) is 0. The first-order valence-corrected chi connectivity index (χ1v) is 5.40. The Morgan fingerprint density at radius 2 is 1.93 bits per heavy atom. The van der Waals surface area contributed by atoms with Gasteiger partial charge in [0.15, 0.2) is 0 Å². The van der Waals surface area contributed by atoms with Crippen LogP contribution in [0.3, 0.4) is 0 Å². The highest BCUT2D eigenvalue weighted by molar-refractivity contribution is 5.18. The second-order valence-electron chi connectivity index (χ2n) is 3.49. The molecule has 0 fully saturated rings. The summed E-state index contributed by atoms with van der Waals surface area (Å²) in [5, 5.41) is 3.44. The molecule has 0 heterocycles. The van der Waals surface area contributed by atoms with E-state index in [0.29, 0.717) is 6.04 Å². The van der Waals surface area contributed by atoms with Gasteiger partial charge in [0.2, 0.25) is 0 Å². The fourth-order valence-electron chi connectivity index (χ4n) is 1.36. The van der Waals surface area contributed by atoms with Gasteiger partial charge in [-0.2, -0.15) is 0 Å². The summed E-state index contributed by atoms with van der Waals surface area (Å²) in [5.41, 5.74) is 1.33. The van der Waals surface area contributed by atoms with E-state index in [2.05, 4.69) is 48.7 Å². The quantitative estimate of drug-likeness (QED) is 0.719. The van der Waals surface area contributed by atoms with Gasteiger partial charge in [0, 0.05) is 12.6 Å². The Morgan fingerprint density at radius 1 is 1.20 bits per heavy atom. The standard InChI is InChI=1S/C14H19N/c1-3-4-5-9-12-15-13(2)14-10-7-6-8-11-14/h3-11,13,15H,12H2,1-2H3/b4-3+,9-5+/t13-/m0/s1. The molecule has 0 bridgehead atoms. The van der Waals surface area contributed by atoms with E-state index >= 15 is 0 Å². The van der Waals surface area contributed by atoms with Gasteiger partial charge >= 0.3 is 0 Å². The van der Waals surface area contributed by atoms with Crippen LogP contribution in [0.4, 0.5) is 0 Å². The summed E-state index contributed by atoms with van der Waals surface area (Å²) in [7, 11) is 0. The zero-order valence-corrected chi connectivity index (χ0v) is 9.48. The van der Waals surface area contributed by atoms with Crippen LogP contribution in [0.25, 0.3) is 0 Å². The third-order valence-electron chi connectivity index (χ3n) is 2.28. The molecule has 0 amide bonds. The normalized spacial score (nSPS) is 13.7. The lowest BCUT2D eigenvalue weighted by Gasteiger charge is -2.12. The van der Waals surface area contributed by atoms with Crippen molar-refractivity contribution in [2.75, 3.05) is 6.54 Å². The molecule has 1 nitrogen and oxygen atoms in total. The first kappa shape index (κ1) is 11.7. The lowest BCUT2D eigenvalue weighted by molar-refractivity contribution is 0.617. The molecule has 0 saturated carbocycles. The van der Waals surface area contributed by atoms with E-state index < -0.39 is 0 Å². The molecule has 0 spiro atoms. The van der Waals surface area contributed by atoms with Gasteiger partial charge in [-0.1, -0.05) is 54.6 Å². The Morgan fingerprint density at radius 3 is 2.60 bits per heavy atom. The Labute approximate surface area is 92.5 Å². The van der Waals surface area contributed by atoms with Crippen molar-refractivity contribution in [2.45, 2.75) is 19.9 Å². The monoisotopic (exact) mass is 201 g/mol. The number of rotatable bonds is 5. The third kappa shape index (κ3) is 4.61. The Kier molecular flexibility index (Phi) is 5.49. The highest BCUT2D eigenvalue weighted by Crippen LogP contribution is 2.10. The van der Waals surface area contributed by atoms with Crippen LogP contribution in [0.15, 0.2) is 54.6 Å². The minimum atomic E-state index is 0.404. The largest absolute Gasteiger partial charge is 0.307 e. The summed E-state index contributed by atoms with van der Waals surface area (Å²) >= 11 is 0. The second-order valence-corrected chi connectivity index (χ2v) is 3.49. The molecule has 0 radical (unpaired) electrons. The van der Waals surface area contributed by atoms with Gasteiger partial charge in [-0.25, -0.2) is 0 Å². The van der Waals surface area contributed by atoms with Crippen LogP contribution >= 0.6 is 0 Å². The molecule has 1 aromatic carbocycles. The maximum Gasteiger partial charge on any atom is 0.0294 e. The van der Waals surface area contributed by atoms with E-state index in [1.807, 2.05) is 25.1 Å². The fraction of sp³-hybridized carbons (Fsp3) is 0.286. The van der Waals surface area contributed by atoms with Crippen molar-refractivity contribution in [3.8, 4) is 0 Å². The highest BCUT2D eigenvalue weighted by atomic mass is 14.9. The molecule has 1 aromatic rings. The molecule has 0 saturated heterocycles. The zero-order chi connectivity index (χ0) is 10.9. The Hall–Kier alpha value is -1.34. The smallest absolute Gasteiger partial charge is 0.0294 e. The summed E-state index contributed by atoms with van der Waals surface area (Å²) in [4.78, 5) is 0. The molecular formula is C14H19N. The van der Waals surface area contributed by atoms with E-state index in [9.17, 15) is 0 Å². The number of hydrogen-bond donors (Lipinski definition) is 1. The van der Waals surface area contributed by atoms with Crippen LogP contribution in [0.1, 0.15) is 25.5 Å². The zero-order valence-electron chi connectivity index (χ0n) is 9.48. The van der Waals surface area contributed by atoms with Gasteiger partial charge < -0.3 is 5.32 Å². The van der Waals surface area contributed by atoms with Crippen molar-refractivity contribution >= 4 is 0 Å². The summed E-state index contributed by atoms with van der Waals surface area (Å²) in [6.07, 6.45) is 8.25. The lowest BCUT2D eigenvalue weighted by atomic mass is 10.1. The molecule has 0 aromatic heterocycles. The first-order valence-electron chi connectivity index (χ1n) is 5.40. The van der Waals surface area contributed by atoms with Crippen LogP contribution < -0.4 is 5.32 Å². The molecule has 15 heavy (non-hydrogen) atoms. The van der Waals surface area contributed by atoms with Gasteiger partial charge in [-0.3, -0.25) is 0 Å². The second kappa shape index (κ2) is 7.02. The average Bonchev–Trinajstić information content (AvgIpc) is 2.30. The lowest BCUT2D eigenvalue weighted by Crippen LogP contribution is -2.18. The van der Waals surface area contributed by atoms with Crippen molar-refractivity contribution in [3.63, 3.8) is 0 Å². The molecule has 0 aliphatic heterocycles. The molecule has 0 unspecified atom stereocenters. The predicted octanol–water partition coefficient (Wildman–Crippen LogP) is 3.47. The van der Waals surface area contributed by atoms with Gasteiger partial charge in [0.25, 0.3) is 0 Å². The van der Waals surface area contributed by atoms with Gasteiger partial charge in [-0.05, 0) is 19.4 Å². The number of nitrogens with one attached hydrogen (secondary N) is 1. The van der Waals surface area contributed by atoms with Crippen molar-refractivity contribution in [3.05, 3.63) is 60.2 Å². The predicted molar refractivity (Wildman–Crippen MR) is 66.8 cm³/mol. The van der Waals surface area contributed by atoms with E-state index in [1.54, 1.807) is 0 Å².